The number of azide groups is 1. The van der Waals surface area contributed by atoms with Gasteiger partial charge in [0.25, 0.3) is 5.56 Å². The molecule has 168 valence electrons. The Morgan fingerprint density at radius 3 is 2.47 bits per heavy atom. The summed E-state index contributed by atoms with van der Waals surface area (Å²) < 4.78 is 51.6. The van der Waals surface area contributed by atoms with Crippen LogP contribution < -0.4 is 11.2 Å². The predicted molar refractivity (Wildman–Crippen MR) is 92.6 cm³/mol. The summed E-state index contributed by atoms with van der Waals surface area (Å²) in [6.45, 7) is -0.873. The number of nitrogens with one attached hydrogen (secondary N) is 1. The van der Waals surface area contributed by atoms with Crippen LogP contribution in [0.4, 0.5) is 0 Å². The zero-order valence-electron chi connectivity index (χ0n) is 14.4. The molecule has 21 heteroatoms. The first-order chi connectivity index (χ1) is 13.7. The molecule has 18 nitrogen and oxygen atoms in total. The van der Waals surface area contributed by atoms with E-state index in [9.17, 15) is 28.2 Å². The molecule has 30 heavy (non-hydrogen) atoms. The lowest BCUT2D eigenvalue weighted by molar-refractivity contribution is -0.0267. The molecule has 1 saturated heterocycles. The number of nitrogens with zero attached hydrogens (tertiary/aromatic N) is 4. The normalized spacial score (nSPS) is 25.8. The Kier molecular flexibility index (Phi) is 7.59. The number of ether oxygens (including phenoxy) is 1. The van der Waals surface area contributed by atoms with Gasteiger partial charge in [-0.2, -0.15) is 8.62 Å². The van der Waals surface area contributed by atoms with Gasteiger partial charge in [0.15, 0.2) is 0 Å². The van der Waals surface area contributed by atoms with Crippen LogP contribution in [0.15, 0.2) is 27.0 Å². The highest BCUT2D eigenvalue weighted by molar-refractivity contribution is 7.66. The fourth-order valence-electron chi connectivity index (χ4n) is 2.35. The Bertz CT molecular complexity index is 1090. The van der Waals surface area contributed by atoms with Crippen molar-refractivity contribution in [3.05, 3.63) is 43.5 Å². The number of rotatable bonds is 9. The van der Waals surface area contributed by atoms with Gasteiger partial charge in [0.1, 0.15) is 6.23 Å². The summed E-state index contributed by atoms with van der Waals surface area (Å²) in [6, 6.07) is -0.0155. The second-order valence-corrected chi connectivity index (χ2v) is 9.96. The van der Waals surface area contributed by atoms with E-state index in [1.165, 1.54) is 0 Å². The van der Waals surface area contributed by atoms with Crippen molar-refractivity contribution in [3.63, 3.8) is 0 Å². The van der Waals surface area contributed by atoms with Crippen LogP contribution in [0.25, 0.3) is 10.4 Å². The Hall–Kier alpha value is -1.64. The van der Waals surface area contributed by atoms with E-state index in [4.69, 9.17) is 24.9 Å². The van der Waals surface area contributed by atoms with Crippen molar-refractivity contribution in [1.29, 1.82) is 0 Å². The Labute approximate surface area is 165 Å². The van der Waals surface area contributed by atoms with Crippen molar-refractivity contribution in [2.24, 2.45) is 5.11 Å². The van der Waals surface area contributed by atoms with Crippen molar-refractivity contribution in [2.45, 2.75) is 24.8 Å². The van der Waals surface area contributed by atoms with E-state index < -0.39 is 59.7 Å². The molecule has 0 amide bonds. The lowest BCUT2D eigenvalue weighted by Crippen LogP contribution is -2.31. The fraction of sp³-hybridized carbons (Fsp3) is 0.556. The lowest BCUT2D eigenvalue weighted by atomic mass is 10.1. The van der Waals surface area contributed by atoms with Gasteiger partial charge < -0.3 is 24.3 Å². The van der Waals surface area contributed by atoms with Crippen molar-refractivity contribution in [1.82, 2.24) is 9.55 Å². The zero-order valence-corrected chi connectivity index (χ0v) is 17.1. The van der Waals surface area contributed by atoms with E-state index in [2.05, 4.69) is 23.2 Å². The predicted octanol–water partition coefficient (Wildman–Crippen LogP) is -0.154. The molecule has 1 aliphatic rings. The molecule has 1 aromatic rings. The zero-order chi connectivity index (χ0) is 22.7. The van der Waals surface area contributed by atoms with E-state index in [0.717, 1.165) is 16.8 Å². The van der Waals surface area contributed by atoms with Crippen LogP contribution in [0.5, 0.6) is 0 Å². The third kappa shape index (κ3) is 7.25. The molecule has 1 fully saturated rings. The number of phosphoric acid groups is 3. The van der Waals surface area contributed by atoms with Crippen LogP contribution in [-0.2, 0) is 31.6 Å². The summed E-state index contributed by atoms with van der Waals surface area (Å²) in [5.41, 5.74) is 7.12. The highest BCUT2D eigenvalue weighted by atomic mass is 31.3. The summed E-state index contributed by atoms with van der Waals surface area (Å²) in [5, 5.41) is 3.40. The first kappa shape index (κ1) is 24.6. The van der Waals surface area contributed by atoms with E-state index in [0.29, 0.717) is 0 Å². The molecule has 5 atom stereocenters. The van der Waals surface area contributed by atoms with E-state index in [1.807, 2.05) is 4.98 Å². The van der Waals surface area contributed by atoms with Crippen LogP contribution in [0.3, 0.4) is 0 Å². The summed E-state index contributed by atoms with van der Waals surface area (Å²) in [6.07, 6.45) is -1.33. The van der Waals surface area contributed by atoms with E-state index >= 15 is 0 Å². The van der Waals surface area contributed by atoms with Crippen LogP contribution in [-0.4, -0.2) is 47.9 Å². The third-order valence-electron chi connectivity index (χ3n) is 3.38. The Balaban J connectivity index is 2.10. The summed E-state index contributed by atoms with van der Waals surface area (Å²) in [4.78, 5) is 63.0. The minimum absolute atomic E-state index is 0.111. The second-order valence-electron chi connectivity index (χ2n) is 5.54. The summed E-state index contributed by atoms with van der Waals surface area (Å²) >= 11 is 0. The molecular formula is C9H14N5O13P3. The molecule has 0 aliphatic carbocycles. The van der Waals surface area contributed by atoms with Gasteiger partial charge in [0, 0.05) is 23.6 Å². The molecule has 0 aromatic carbocycles. The van der Waals surface area contributed by atoms with Gasteiger partial charge in [-0.25, -0.2) is 18.5 Å². The number of hydrogen-bond donors (Lipinski definition) is 5. The van der Waals surface area contributed by atoms with Crippen LogP contribution >= 0.6 is 23.5 Å². The average Bonchev–Trinajstić information content (AvgIpc) is 2.92. The smallest absolute Gasteiger partial charge is 0.352 e. The van der Waals surface area contributed by atoms with E-state index in [-0.39, 0.29) is 6.42 Å². The monoisotopic (exact) mass is 493 g/mol. The van der Waals surface area contributed by atoms with Gasteiger partial charge in [0.2, 0.25) is 0 Å². The van der Waals surface area contributed by atoms with Gasteiger partial charge in [-0.3, -0.25) is 18.9 Å². The van der Waals surface area contributed by atoms with E-state index in [1.54, 1.807) is 0 Å². The van der Waals surface area contributed by atoms with Crippen molar-refractivity contribution in [3.8, 4) is 0 Å². The standard InChI is InChI=1S/C9H14N5O13P3/c10-13-12-5-3-8(14-2-1-7(15)11-9(14)16)25-6(5)4-24-29(20,21)27-30(22,23)26-28(17,18)19/h1-2,5-6,8H,3-4H2,(H,20,21)(H,22,23)(H,11,15,16)(H2,17,18,19)/t5-,6+,8+/m0/s1. The maximum Gasteiger partial charge on any atom is 0.490 e. The number of phosphoric ester groups is 1. The maximum absolute atomic E-state index is 11.8. The summed E-state index contributed by atoms with van der Waals surface area (Å²) in [7, 11) is -16.7. The molecule has 0 radical (unpaired) electrons. The minimum atomic E-state index is -5.70. The molecule has 1 aliphatic heterocycles. The Morgan fingerprint density at radius 1 is 1.23 bits per heavy atom. The van der Waals surface area contributed by atoms with Gasteiger partial charge in [-0.1, -0.05) is 5.11 Å². The lowest BCUT2D eigenvalue weighted by Gasteiger charge is -2.19. The van der Waals surface area contributed by atoms with Gasteiger partial charge >= 0.3 is 29.2 Å². The minimum Gasteiger partial charge on any atom is -0.352 e. The van der Waals surface area contributed by atoms with Crippen LogP contribution in [0.2, 0.25) is 0 Å². The van der Waals surface area contributed by atoms with Crippen molar-refractivity contribution in [2.75, 3.05) is 6.61 Å². The van der Waals surface area contributed by atoms with Gasteiger partial charge in [-0.05, 0) is 5.53 Å². The average molecular weight is 493 g/mol. The number of hydrogen-bond acceptors (Lipinski definition) is 10. The molecular weight excluding hydrogens is 479 g/mol. The first-order valence-corrected chi connectivity index (χ1v) is 12.0. The molecule has 2 rings (SSSR count). The number of aromatic amines is 1. The second kappa shape index (κ2) is 9.24. The Morgan fingerprint density at radius 2 is 1.90 bits per heavy atom. The molecule has 0 spiro atoms. The fourth-order valence-corrected chi connectivity index (χ4v) is 5.38. The first-order valence-electron chi connectivity index (χ1n) is 7.51. The molecule has 1 aromatic heterocycles. The van der Waals surface area contributed by atoms with Crippen molar-refractivity contribution >= 4 is 23.5 Å². The molecule has 0 bridgehead atoms. The highest BCUT2D eigenvalue weighted by Crippen LogP contribution is 2.66. The maximum atomic E-state index is 11.8. The SMILES string of the molecule is [N-]=[N+]=N[C@H]1C[C@H](n2ccc(=O)[nH]c2=O)O[C@@H]1COP(=O)(O)OP(=O)(O)OP(=O)(O)O. The molecule has 2 heterocycles. The van der Waals surface area contributed by atoms with Crippen LogP contribution in [0.1, 0.15) is 12.6 Å². The molecule has 2 unspecified atom stereocenters. The topological polar surface area (TPSA) is 273 Å². The van der Waals surface area contributed by atoms with Crippen LogP contribution in [0, 0.1) is 0 Å². The van der Waals surface area contributed by atoms with Gasteiger partial charge in [0.05, 0.1) is 18.8 Å². The number of aromatic nitrogens is 2. The quantitative estimate of drug-likeness (QED) is 0.130. The largest absolute Gasteiger partial charge is 0.490 e. The van der Waals surface area contributed by atoms with Gasteiger partial charge in [-0.15, -0.1) is 0 Å². The van der Waals surface area contributed by atoms with Crippen molar-refractivity contribution < 1.29 is 51.2 Å². The molecule has 5 N–H and O–H groups in total. The highest BCUT2D eigenvalue weighted by Gasteiger charge is 2.43. The third-order valence-corrected chi connectivity index (χ3v) is 7.19. The molecule has 0 saturated carbocycles. The summed E-state index contributed by atoms with van der Waals surface area (Å²) in [5.74, 6) is 0. The number of H-pyrrole nitrogens is 1.